The Morgan fingerprint density at radius 2 is 1.06 bits per heavy atom. The number of furan rings is 1. The lowest BCUT2D eigenvalue weighted by molar-refractivity contribution is 0.669. The van der Waals surface area contributed by atoms with Crippen molar-refractivity contribution < 1.29 is 15.4 Å². The number of hydrogen-bond donors (Lipinski definition) is 0. The van der Waals surface area contributed by atoms with Gasteiger partial charge in [-0.05, 0) is 91.0 Å². The van der Waals surface area contributed by atoms with Crippen LogP contribution in [0.2, 0.25) is 0 Å². The Kier molecular flexibility index (Phi) is 3.85. The molecule has 2 nitrogen and oxygen atoms in total. The predicted molar refractivity (Wildman–Crippen MR) is 203 cm³/mol. The summed E-state index contributed by atoms with van der Waals surface area (Å²) in [5.74, 6) is 0. The van der Waals surface area contributed by atoms with Crippen LogP contribution in [0.25, 0.3) is 104 Å². The molecule has 0 aliphatic rings. The summed E-state index contributed by atoms with van der Waals surface area (Å²) in [5, 5.41) is 4.97. The zero-order valence-electron chi connectivity index (χ0n) is 33.3. The van der Waals surface area contributed by atoms with Gasteiger partial charge in [-0.15, -0.1) is 0 Å². The fraction of sp³-hybridized carbons (Fsp3) is 0. The van der Waals surface area contributed by atoms with Gasteiger partial charge in [-0.1, -0.05) is 127 Å². The van der Waals surface area contributed by atoms with Crippen molar-refractivity contribution in [2.75, 3.05) is 0 Å². The largest absolute Gasteiger partial charge is 0.456 e. The lowest BCUT2D eigenvalue weighted by Gasteiger charge is -2.17. The second-order valence-electron chi connectivity index (χ2n) is 12.2. The SMILES string of the molecule is [2H]c1c([2H])c2c([2H])c([2H])c3c(-c4ccc5c6c7c(ccc6n(-c6ccccc6)c5c4)oc4ccccc47)c([2H])c([2H])c4c([2H])c([2H])c(c1-c1ccccc1)c2c43. The van der Waals surface area contributed by atoms with E-state index in [4.69, 9.17) is 7.16 Å². The van der Waals surface area contributed by atoms with E-state index in [1.807, 2.05) is 84.9 Å². The molecule has 0 fully saturated rings. The molecule has 0 bridgehead atoms. The molecule has 2 aromatic heterocycles. The first-order valence-corrected chi connectivity index (χ1v) is 15.9. The highest BCUT2D eigenvalue weighted by Crippen LogP contribution is 2.45. The van der Waals surface area contributed by atoms with Crippen LogP contribution in [0.3, 0.4) is 0 Å². The van der Waals surface area contributed by atoms with Crippen LogP contribution in [0, 0.1) is 0 Å². The maximum absolute atomic E-state index is 9.49. The highest BCUT2D eigenvalue weighted by molar-refractivity contribution is 6.29. The summed E-state index contributed by atoms with van der Waals surface area (Å²) in [6, 6.07) is 34.8. The molecule has 2 heteroatoms. The maximum atomic E-state index is 9.49. The van der Waals surface area contributed by atoms with E-state index in [1.54, 1.807) is 24.3 Å². The molecular weight excluding hydrogens is 583 g/mol. The summed E-state index contributed by atoms with van der Waals surface area (Å²) in [6.07, 6.45) is 0. The first-order valence-electron chi connectivity index (χ1n) is 19.9. The van der Waals surface area contributed by atoms with E-state index in [0.717, 1.165) is 49.4 Å². The van der Waals surface area contributed by atoms with E-state index in [0.29, 0.717) is 16.5 Å². The van der Waals surface area contributed by atoms with E-state index in [9.17, 15) is 8.22 Å². The van der Waals surface area contributed by atoms with Crippen molar-refractivity contribution in [3.63, 3.8) is 0 Å². The van der Waals surface area contributed by atoms with Crippen molar-refractivity contribution in [1.82, 2.24) is 4.57 Å². The number of nitrogens with zero attached hydrogens (tertiary/aromatic N) is 1. The van der Waals surface area contributed by atoms with Crippen molar-refractivity contribution in [1.29, 1.82) is 0 Å². The van der Waals surface area contributed by atoms with Crippen molar-refractivity contribution in [2.45, 2.75) is 0 Å². The molecule has 0 aliphatic carbocycles. The summed E-state index contributed by atoms with van der Waals surface area (Å²) < 4.78 is 82.9. The van der Waals surface area contributed by atoms with Crippen LogP contribution in [-0.2, 0) is 0 Å². The Morgan fingerprint density at radius 3 is 1.81 bits per heavy atom. The van der Waals surface area contributed by atoms with Gasteiger partial charge in [0.05, 0.1) is 22.0 Å². The van der Waals surface area contributed by atoms with Gasteiger partial charge >= 0.3 is 0 Å². The number of aromatic nitrogens is 1. The minimum atomic E-state index is -0.300. The van der Waals surface area contributed by atoms with Crippen LogP contribution in [0.1, 0.15) is 11.0 Å². The number of hydrogen-bond acceptors (Lipinski definition) is 1. The van der Waals surface area contributed by atoms with Crippen molar-refractivity contribution in [2.24, 2.45) is 0 Å². The van der Waals surface area contributed by atoms with Gasteiger partial charge in [-0.25, -0.2) is 0 Å². The average Bonchev–Trinajstić information content (AvgIpc) is 3.76. The lowest BCUT2D eigenvalue weighted by atomic mass is 9.87. The van der Waals surface area contributed by atoms with E-state index in [1.165, 1.54) is 0 Å². The Hall–Kier alpha value is -6.38. The molecule has 9 aromatic carbocycles. The Balaban J connectivity index is 1.32. The average molecular weight is 618 g/mol. The summed E-state index contributed by atoms with van der Waals surface area (Å²) in [4.78, 5) is 0. The summed E-state index contributed by atoms with van der Waals surface area (Å²) in [6.45, 7) is 0. The molecule has 0 radical (unpaired) electrons. The van der Waals surface area contributed by atoms with Gasteiger partial charge in [-0.2, -0.15) is 0 Å². The fourth-order valence-corrected chi connectivity index (χ4v) is 7.56. The third-order valence-electron chi connectivity index (χ3n) is 9.64. The molecule has 222 valence electrons. The van der Waals surface area contributed by atoms with E-state index in [2.05, 4.69) is 10.6 Å². The molecular formula is C46H27NO. The van der Waals surface area contributed by atoms with E-state index >= 15 is 0 Å². The molecule has 11 rings (SSSR count). The predicted octanol–water partition coefficient (Wildman–Crippen LogP) is 12.9. The smallest absolute Gasteiger partial charge is 0.136 e. The topological polar surface area (TPSA) is 18.1 Å². The summed E-state index contributed by atoms with van der Waals surface area (Å²) in [7, 11) is 0. The number of fused-ring (bicyclic) bond motifs is 7. The molecule has 2 heterocycles. The third kappa shape index (κ3) is 3.46. The minimum absolute atomic E-state index is 0.0228. The zero-order valence-corrected chi connectivity index (χ0v) is 25.3. The molecule has 0 unspecified atom stereocenters. The fourth-order valence-electron chi connectivity index (χ4n) is 7.56. The maximum Gasteiger partial charge on any atom is 0.136 e. The Morgan fingerprint density at radius 1 is 0.417 bits per heavy atom. The van der Waals surface area contributed by atoms with Gasteiger partial charge in [0.25, 0.3) is 0 Å². The number of benzene rings is 9. The quantitative estimate of drug-likeness (QED) is 0.180. The van der Waals surface area contributed by atoms with Gasteiger partial charge in [0.1, 0.15) is 11.2 Å². The minimum Gasteiger partial charge on any atom is -0.456 e. The summed E-state index contributed by atoms with van der Waals surface area (Å²) in [5.41, 5.74) is 5.91. The van der Waals surface area contributed by atoms with Gasteiger partial charge in [0.2, 0.25) is 0 Å². The highest BCUT2D eigenvalue weighted by atomic mass is 16.3. The molecule has 0 aliphatic heterocycles. The Labute approximate surface area is 287 Å². The molecule has 0 atom stereocenters. The Bertz CT molecular complexity index is 3500. The van der Waals surface area contributed by atoms with E-state index in [-0.39, 0.29) is 86.4 Å². The van der Waals surface area contributed by atoms with Crippen LogP contribution in [0.5, 0.6) is 0 Å². The van der Waals surface area contributed by atoms with Crippen LogP contribution in [0.15, 0.2) is 168 Å². The number of rotatable bonds is 3. The first-order chi connectivity index (χ1) is 27.2. The van der Waals surface area contributed by atoms with Gasteiger partial charge in [0, 0.05) is 27.2 Å². The standard InChI is InChI=1S/C46H27NO/c1-3-9-28(10-4-1)33-20-15-29-18-23-36-34(21-16-30-17-22-35(33)43(29)44(30)36)31-19-24-37-40(27-31)47(32-11-5-2-6-12-32)39-25-26-42-46(45(37)39)38-13-7-8-14-41(38)48-42/h1-27H/i15D,16D,17D,18D,20D,21D,22D,23D. The van der Waals surface area contributed by atoms with Crippen LogP contribution >= 0.6 is 0 Å². The second-order valence-corrected chi connectivity index (χ2v) is 12.2. The highest BCUT2D eigenvalue weighted by Gasteiger charge is 2.20. The molecule has 11 aromatic rings. The first kappa shape index (κ1) is 19.3. The van der Waals surface area contributed by atoms with Crippen LogP contribution < -0.4 is 0 Å². The van der Waals surface area contributed by atoms with Crippen molar-refractivity contribution >= 4 is 76.1 Å². The van der Waals surface area contributed by atoms with Gasteiger partial charge in [0.15, 0.2) is 0 Å². The van der Waals surface area contributed by atoms with Crippen LogP contribution in [-0.4, -0.2) is 4.57 Å². The molecule has 0 saturated heterocycles. The lowest BCUT2D eigenvalue weighted by Crippen LogP contribution is -1.93. The normalized spacial score (nSPS) is 14.5. The van der Waals surface area contributed by atoms with E-state index < -0.39 is 0 Å². The molecule has 0 N–H and O–H groups in total. The van der Waals surface area contributed by atoms with Gasteiger partial charge in [-0.3, -0.25) is 0 Å². The van der Waals surface area contributed by atoms with Crippen LogP contribution in [0.4, 0.5) is 0 Å². The second kappa shape index (κ2) is 9.57. The molecule has 48 heavy (non-hydrogen) atoms. The zero-order chi connectivity index (χ0) is 38.3. The summed E-state index contributed by atoms with van der Waals surface area (Å²) >= 11 is 0. The van der Waals surface area contributed by atoms with Crippen molar-refractivity contribution in [3.05, 3.63) is 164 Å². The molecule has 0 spiro atoms. The van der Waals surface area contributed by atoms with Gasteiger partial charge < -0.3 is 8.98 Å². The van der Waals surface area contributed by atoms with Crippen molar-refractivity contribution in [3.8, 4) is 27.9 Å². The molecule has 0 saturated carbocycles. The molecule has 0 amide bonds. The third-order valence-corrected chi connectivity index (χ3v) is 9.64. The number of para-hydroxylation sites is 2. The monoisotopic (exact) mass is 617 g/mol.